The van der Waals surface area contributed by atoms with Crippen molar-refractivity contribution in [3.05, 3.63) is 29.8 Å². The molecular formula is C18H24N2O5. The van der Waals surface area contributed by atoms with E-state index in [0.717, 1.165) is 31.2 Å². The predicted octanol–water partition coefficient (Wildman–Crippen LogP) is 1.11. The molecule has 2 amide bonds. The highest BCUT2D eigenvalue weighted by atomic mass is 16.7. The Morgan fingerprint density at radius 2 is 2.00 bits per heavy atom. The smallest absolute Gasteiger partial charge is 0.309 e. The fourth-order valence-corrected chi connectivity index (χ4v) is 3.22. The van der Waals surface area contributed by atoms with Gasteiger partial charge in [0.25, 0.3) is 0 Å². The SMILES string of the molecule is COc1cccc(CNC(=O)C(=O)NCC2COC3(CCCC3)O2)c1. The van der Waals surface area contributed by atoms with Crippen molar-refractivity contribution in [2.24, 2.45) is 0 Å². The van der Waals surface area contributed by atoms with E-state index in [1.54, 1.807) is 7.11 Å². The average molecular weight is 348 g/mol. The van der Waals surface area contributed by atoms with E-state index in [4.69, 9.17) is 14.2 Å². The van der Waals surface area contributed by atoms with Crippen LogP contribution in [0.25, 0.3) is 0 Å². The highest BCUT2D eigenvalue weighted by molar-refractivity contribution is 6.35. The largest absolute Gasteiger partial charge is 0.497 e. The van der Waals surface area contributed by atoms with Crippen molar-refractivity contribution in [3.63, 3.8) is 0 Å². The first-order chi connectivity index (χ1) is 12.1. The van der Waals surface area contributed by atoms with Crippen molar-refractivity contribution >= 4 is 11.8 Å². The summed E-state index contributed by atoms with van der Waals surface area (Å²) >= 11 is 0. The summed E-state index contributed by atoms with van der Waals surface area (Å²) in [5.41, 5.74) is 0.858. The van der Waals surface area contributed by atoms with Crippen LogP contribution in [0.3, 0.4) is 0 Å². The Kier molecular flexibility index (Phi) is 5.55. The lowest BCUT2D eigenvalue weighted by atomic mass is 10.2. The van der Waals surface area contributed by atoms with Gasteiger partial charge in [0.15, 0.2) is 5.79 Å². The van der Waals surface area contributed by atoms with E-state index in [-0.39, 0.29) is 19.2 Å². The van der Waals surface area contributed by atoms with Gasteiger partial charge in [-0.25, -0.2) is 0 Å². The third-order valence-electron chi connectivity index (χ3n) is 4.56. The summed E-state index contributed by atoms with van der Waals surface area (Å²) in [6.45, 7) is 0.981. The van der Waals surface area contributed by atoms with E-state index >= 15 is 0 Å². The second-order valence-corrected chi connectivity index (χ2v) is 6.41. The molecule has 2 fully saturated rings. The van der Waals surface area contributed by atoms with Crippen molar-refractivity contribution in [1.29, 1.82) is 0 Å². The Hall–Kier alpha value is -2.12. The third-order valence-corrected chi connectivity index (χ3v) is 4.56. The van der Waals surface area contributed by atoms with E-state index < -0.39 is 17.6 Å². The number of hydrogen-bond donors (Lipinski definition) is 2. The third kappa shape index (κ3) is 4.49. The number of carbonyl (C=O) groups excluding carboxylic acids is 2. The topological polar surface area (TPSA) is 85.9 Å². The van der Waals surface area contributed by atoms with Gasteiger partial charge >= 0.3 is 11.8 Å². The molecule has 1 saturated heterocycles. The molecule has 7 heteroatoms. The fraction of sp³-hybridized carbons (Fsp3) is 0.556. The van der Waals surface area contributed by atoms with Gasteiger partial charge in [-0.2, -0.15) is 0 Å². The molecule has 1 aliphatic heterocycles. The molecular weight excluding hydrogens is 324 g/mol. The lowest BCUT2D eigenvalue weighted by molar-refractivity contribution is -0.161. The number of benzene rings is 1. The number of amides is 2. The van der Waals surface area contributed by atoms with Crippen molar-refractivity contribution in [3.8, 4) is 5.75 Å². The molecule has 1 unspecified atom stereocenters. The zero-order valence-corrected chi connectivity index (χ0v) is 14.4. The summed E-state index contributed by atoms with van der Waals surface area (Å²) in [4.78, 5) is 23.8. The van der Waals surface area contributed by atoms with Gasteiger partial charge in [-0.3, -0.25) is 9.59 Å². The molecule has 2 N–H and O–H groups in total. The average Bonchev–Trinajstić information content (AvgIpc) is 3.27. The number of hydrogen-bond acceptors (Lipinski definition) is 5. The molecule has 136 valence electrons. The lowest BCUT2D eigenvalue weighted by Gasteiger charge is -2.21. The van der Waals surface area contributed by atoms with Crippen LogP contribution in [0.2, 0.25) is 0 Å². The minimum Gasteiger partial charge on any atom is -0.497 e. The van der Waals surface area contributed by atoms with Gasteiger partial charge < -0.3 is 24.8 Å². The summed E-state index contributed by atoms with van der Waals surface area (Å²) in [7, 11) is 1.58. The van der Waals surface area contributed by atoms with Crippen LogP contribution in [-0.2, 0) is 25.6 Å². The fourth-order valence-electron chi connectivity index (χ4n) is 3.22. The van der Waals surface area contributed by atoms with E-state index in [1.807, 2.05) is 24.3 Å². The molecule has 1 aromatic rings. The Labute approximate surface area is 147 Å². The van der Waals surface area contributed by atoms with Crippen LogP contribution in [-0.4, -0.2) is 44.0 Å². The number of rotatable bonds is 5. The first-order valence-corrected chi connectivity index (χ1v) is 8.61. The second-order valence-electron chi connectivity index (χ2n) is 6.41. The monoisotopic (exact) mass is 348 g/mol. The minimum atomic E-state index is -0.669. The van der Waals surface area contributed by atoms with Gasteiger partial charge in [0.05, 0.1) is 13.7 Å². The molecule has 1 saturated carbocycles. The van der Waals surface area contributed by atoms with Gasteiger partial charge in [-0.05, 0) is 30.5 Å². The Bertz CT molecular complexity index is 628. The summed E-state index contributed by atoms with van der Waals surface area (Å²) < 4.78 is 16.8. The van der Waals surface area contributed by atoms with E-state index in [1.165, 1.54) is 0 Å². The number of ether oxygens (including phenoxy) is 3. The summed E-state index contributed by atoms with van der Waals surface area (Å²) in [6, 6.07) is 7.31. The molecule has 1 heterocycles. The van der Waals surface area contributed by atoms with Crippen molar-refractivity contribution in [2.45, 2.75) is 44.1 Å². The maximum atomic E-state index is 11.9. The summed E-state index contributed by atoms with van der Waals surface area (Å²) in [5, 5.41) is 5.20. The molecule has 1 aliphatic carbocycles. The van der Waals surface area contributed by atoms with E-state index in [0.29, 0.717) is 12.4 Å². The van der Waals surface area contributed by atoms with Gasteiger partial charge in [-0.15, -0.1) is 0 Å². The van der Waals surface area contributed by atoms with Crippen LogP contribution in [0.5, 0.6) is 5.75 Å². The molecule has 3 rings (SSSR count). The maximum absolute atomic E-state index is 11.9. The minimum absolute atomic E-state index is 0.201. The molecule has 0 aromatic heterocycles. The molecule has 1 aromatic carbocycles. The van der Waals surface area contributed by atoms with Crippen LogP contribution in [0.15, 0.2) is 24.3 Å². The standard InChI is InChI=1S/C18H24N2O5/c1-23-14-6-4-5-13(9-14)10-19-16(21)17(22)20-11-15-12-24-18(25-15)7-2-3-8-18/h4-6,9,15H,2-3,7-8,10-12H2,1H3,(H,19,21)(H,20,22). The van der Waals surface area contributed by atoms with Crippen molar-refractivity contribution in [2.75, 3.05) is 20.3 Å². The van der Waals surface area contributed by atoms with Gasteiger partial charge in [0, 0.05) is 25.9 Å². The van der Waals surface area contributed by atoms with E-state index in [9.17, 15) is 9.59 Å². The molecule has 1 spiro atoms. The molecule has 25 heavy (non-hydrogen) atoms. The van der Waals surface area contributed by atoms with Crippen molar-refractivity contribution < 1.29 is 23.8 Å². The van der Waals surface area contributed by atoms with Gasteiger partial charge in [-0.1, -0.05) is 12.1 Å². The predicted molar refractivity (Wildman–Crippen MR) is 89.9 cm³/mol. The molecule has 0 bridgehead atoms. The zero-order valence-electron chi connectivity index (χ0n) is 14.4. The lowest BCUT2D eigenvalue weighted by Crippen LogP contribution is -2.43. The van der Waals surface area contributed by atoms with Gasteiger partial charge in [0.1, 0.15) is 11.9 Å². The van der Waals surface area contributed by atoms with Crippen LogP contribution >= 0.6 is 0 Å². The first-order valence-electron chi connectivity index (χ1n) is 8.61. The Morgan fingerprint density at radius 3 is 2.76 bits per heavy atom. The molecule has 2 aliphatic rings. The first kappa shape index (κ1) is 17.7. The number of methoxy groups -OCH3 is 1. The molecule has 7 nitrogen and oxygen atoms in total. The van der Waals surface area contributed by atoms with Crippen molar-refractivity contribution in [1.82, 2.24) is 10.6 Å². The van der Waals surface area contributed by atoms with Gasteiger partial charge in [0.2, 0.25) is 0 Å². The maximum Gasteiger partial charge on any atom is 0.309 e. The normalized spacial score (nSPS) is 21.2. The number of nitrogens with one attached hydrogen (secondary N) is 2. The molecule has 1 atom stereocenters. The summed E-state index contributed by atoms with van der Waals surface area (Å²) in [6.07, 6.45) is 3.81. The van der Waals surface area contributed by atoms with Crippen LogP contribution in [0.4, 0.5) is 0 Å². The summed E-state index contributed by atoms with van der Waals surface area (Å²) in [5.74, 6) is -1.09. The second kappa shape index (κ2) is 7.84. The van der Waals surface area contributed by atoms with Crippen LogP contribution < -0.4 is 15.4 Å². The number of carbonyl (C=O) groups is 2. The zero-order chi connectivity index (χ0) is 17.7. The quantitative estimate of drug-likeness (QED) is 0.779. The highest BCUT2D eigenvalue weighted by Crippen LogP contribution is 2.38. The Morgan fingerprint density at radius 1 is 1.24 bits per heavy atom. The highest BCUT2D eigenvalue weighted by Gasteiger charge is 2.43. The van der Waals surface area contributed by atoms with Crippen LogP contribution in [0, 0.1) is 0 Å². The van der Waals surface area contributed by atoms with E-state index in [2.05, 4.69) is 10.6 Å². The van der Waals surface area contributed by atoms with Crippen LogP contribution in [0.1, 0.15) is 31.2 Å². The molecule has 0 radical (unpaired) electrons. The Balaban J connectivity index is 1.40.